The minimum atomic E-state index is -0.992. The molecule has 1 unspecified atom stereocenters. The van der Waals surface area contributed by atoms with Crippen molar-refractivity contribution >= 4 is 23.4 Å². The van der Waals surface area contributed by atoms with E-state index >= 15 is 0 Å². The standard InChI is InChI=1S/C35H39NO5/c1-23(2)24-8-12-27(13-9-24)31(22-32(37)28-14-10-26(11-15-28)25-6-4-3-5-7-25)34(40)29-16-18-30(19-17-29)35(41)36-21-20-33(38)39/h8-19,23,25,31H,3-7,20-22H2,1-2H3,(H,36,41)(H,38,39). The minimum absolute atomic E-state index is 0.0209. The van der Waals surface area contributed by atoms with Gasteiger partial charge < -0.3 is 10.4 Å². The van der Waals surface area contributed by atoms with Gasteiger partial charge in [-0.05, 0) is 53.5 Å². The molecule has 1 aliphatic carbocycles. The fourth-order valence-electron chi connectivity index (χ4n) is 5.53. The third-order valence-corrected chi connectivity index (χ3v) is 8.08. The Bertz CT molecular complexity index is 1350. The van der Waals surface area contributed by atoms with Crippen LogP contribution in [0.1, 0.15) is 124 Å². The Morgan fingerprint density at radius 2 is 1.32 bits per heavy atom. The maximum Gasteiger partial charge on any atom is 0.305 e. The lowest BCUT2D eigenvalue weighted by Gasteiger charge is -2.22. The molecule has 0 heterocycles. The lowest BCUT2D eigenvalue weighted by Crippen LogP contribution is -2.26. The average Bonchev–Trinajstić information content (AvgIpc) is 3.00. The largest absolute Gasteiger partial charge is 0.481 e. The highest BCUT2D eigenvalue weighted by Crippen LogP contribution is 2.33. The number of hydrogen-bond donors (Lipinski definition) is 2. The predicted octanol–water partition coefficient (Wildman–Crippen LogP) is 7.30. The van der Waals surface area contributed by atoms with Gasteiger partial charge in [0.25, 0.3) is 5.91 Å². The van der Waals surface area contributed by atoms with Gasteiger partial charge in [0.1, 0.15) is 0 Å². The Morgan fingerprint density at radius 3 is 1.90 bits per heavy atom. The van der Waals surface area contributed by atoms with Crippen LogP contribution in [0.5, 0.6) is 0 Å². The molecular weight excluding hydrogens is 514 g/mol. The molecule has 6 nitrogen and oxygen atoms in total. The number of carboxylic acids is 1. The average molecular weight is 554 g/mol. The molecular formula is C35H39NO5. The Balaban J connectivity index is 1.53. The van der Waals surface area contributed by atoms with Crippen LogP contribution in [0.3, 0.4) is 0 Å². The molecule has 0 radical (unpaired) electrons. The molecule has 0 aliphatic heterocycles. The van der Waals surface area contributed by atoms with Crippen molar-refractivity contribution in [2.75, 3.05) is 6.54 Å². The van der Waals surface area contributed by atoms with E-state index in [2.05, 4.69) is 31.3 Å². The van der Waals surface area contributed by atoms with Crippen molar-refractivity contribution < 1.29 is 24.3 Å². The summed E-state index contributed by atoms with van der Waals surface area (Å²) in [5, 5.41) is 11.3. The number of Topliss-reactive ketones (excluding diaryl/α,β-unsaturated/α-hetero) is 2. The fourth-order valence-corrected chi connectivity index (χ4v) is 5.53. The number of ketones is 2. The van der Waals surface area contributed by atoms with Crippen molar-refractivity contribution in [3.05, 3.63) is 106 Å². The number of rotatable bonds is 12. The Morgan fingerprint density at radius 1 is 0.756 bits per heavy atom. The number of carbonyl (C=O) groups excluding carboxylic acids is 3. The second-order valence-electron chi connectivity index (χ2n) is 11.3. The second-order valence-corrected chi connectivity index (χ2v) is 11.3. The Kier molecular flexibility index (Phi) is 10.2. The summed E-state index contributed by atoms with van der Waals surface area (Å²) in [5.41, 5.74) is 4.56. The van der Waals surface area contributed by atoms with E-state index in [-0.39, 0.29) is 31.0 Å². The van der Waals surface area contributed by atoms with Crippen molar-refractivity contribution in [2.45, 2.75) is 76.5 Å². The SMILES string of the molecule is CC(C)c1ccc(C(CC(=O)c2ccc(C3CCCCC3)cc2)C(=O)c2ccc(C(=O)NCCC(=O)O)cc2)cc1. The van der Waals surface area contributed by atoms with Crippen LogP contribution in [-0.4, -0.2) is 35.1 Å². The van der Waals surface area contributed by atoms with Crippen LogP contribution in [0.25, 0.3) is 0 Å². The topological polar surface area (TPSA) is 101 Å². The first-order valence-corrected chi connectivity index (χ1v) is 14.6. The van der Waals surface area contributed by atoms with Crippen LogP contribution < -0.4 is 5.32 Å². The van der Waals surface area contributed by atoms with Gasteiger partial charge in [-0.1, -0.05) is 93.8 Å². The van der Waals surface area contributed by atoms with Gasteiger partial charge in [0.2, 0.25) is 0 Å². The molecule has 0 spiro atoms. The number of amides is 1. The molecule has 4 rings (SSSR count). The van der Waals surface area contributed by atoms with Gasteiger partial charge in [0.15, 0.2) is 11.6 Å². The molecule has 1 saturated carbocycles. The van der Waals surface area contributed by atoms with E-state index in [1.54, 1.807) is 24.3 Å². The van der Waals surface area contributed by atoms with Crippen molar-refractivity contribution in [3.8, 4) is 0 Å². The highest BCUT2D eigenvalue weighted by molar-refractivity contribution is 6.06. The zero-order valence-corrected chi connectivity index (χ0v) is 23.9. The van der Waals surface area contributed by atoms with E-state index in [0.29, 0.717) is 28.5 Å². The van der Waals surface area contributed by atoms with Crippen LogP contribution in [0, 0.1) is 0 Å². The summed E-state index contributed by atoms with van der Waals surface area (Å²) in [6.45, 7) is 4.24. The van der Waals surface area contributed by atoms with Crippen molar-refractivity contribution in [3.63, 3.8) is 0 Å². The molecule has 1 fully saturated rings. The van der Waals surface area contributed by atoms with Crippen molar-refractivity contribution in [2.24, 2.45) is 0 Å². The highest BCUT2D eigenvalue weighted by Gasteiger charge is 2.26. The van der Waals surface area contributed by atoms with Crippen LogP contribution >= 0.6 is 0 Å². The molecule has 2 N–H and O–H groups in total. The van der Waals surface area contributed by atoms with Gasteiger partial charge in [-0.3, -0.25) is 19.2 Å². The summed E-state index contributed by atoms with van der Waals surface area (Å²) in [4.78, 5) is 50.3. The van der Waals surface area contributed by atoms with Gasteiger partial charge in [-0.2, -0.15) is 0 Å². The molecule has 1 atom stereocenters. The highest BCUT2D eigenvalue weighted by atomic mass is 16.4. The Hall–Kier alpha value is -4.06. The smallest absolute Gasteiger partial charge is 0.305 e. The van der Waals surface area contributed by atoms with E-state index in [1.165, 1.54) is 37.7 Å². The first-order chi connectivity index (χ1) is 19.7. The van der Waals surface area contributed by atoms with E-state index in [9.17, 15) is 19.2 Å². The number of carboxylic acid groups (broad SMARTS) is 1. The second kappa shape index (κ2) is 14.0. The maximum atomic E-state index is 13.8. The van der Waals surface area contributed by atoms with Crippen LogP contribution in [0.2, 0.25) is 0 Å². The molecule has 1 amide bonds. The zero-order chi connectivity index (χ0) is 29.4. The maximum absolute atomic E-state index is 13.8. The van der Waals surface area contributed by atoms with Crippen LogP contribution in [-0.2, 0) is 4.79 Å². The van der Waals surface area contributed by atoms with Gasteiger partial charge in [-0.15, -0.1) is 0 Å². The molecule has 3 aromatic rings. The van der Waals surface area contributed by atoms with Crippen LogP contribution in [0.4, 0.5) is 0 Å². The lowest BCUT2D eigenvalue weighted by atomic mass is 9.82. The summed E-state index contributed by atoms with van der Waals surface area (Å²) >= 11 is 0. The molecule has 41 heavy (non-hydrogen) atoms. The first-order valence-electron chi connectivity index (χ1n) is 14.6. The normalized spacial score (nSPS) is 14.4. The van der Waals surface area contributed by atoms with E-state index in [0.717, 1.165) is 11.1 Å². The summed E-state index contributed by atoms with van der Waals surface area (Å²) in [6, 6.07) is 22.1. The number of aliphatic carboxylic acids is 1. The third kappa shape index (κ3) is 8.00. The zero-order valence-electron chi connectivity index (χ0n) is 23.9. The molecule has 3 aromatic carbocycles. The molecule has 6 heteroatoms. The summed E-state index contributed by atoms with van der Waals surface area (Å²) in [6.07, 6.45) is 6.06. The van der Waals surface area contributed by atoms with Crippen LogP contribution in [0.15, 0.2) is 72.8 Å². The van der Waals surface area contributed by atoms with Gasteiger partial charge in [0.05, 0.1) is 12.3 Å². The summed E-state index contributed by atoms with van der Waals surface area (Å²) in [5.74, 6) is -1.43. The van der Waals surface area contributed by atoms with Gasteiger partial charge in [0, 0.05) is 29.7 Å². The molecule has 0 bridgehead atoms. The lowest BCUT2D eigenvalue weighted by molar-refractivity contribution is -0.136. The fraction of sp³-hybridized carbons (Fsp3) is 0.371. The quantitative estimate of drug-likeness (QED) is 0.229. The summed E-state index contributed by atoms with van der Waals surface area (Å²) < 4.78 is 0. The first kappa shape index (κ1) is 29.9. The third-order valence-electron chi connectivity index (χ3n) is 8.08. The molecule has 214 valence electrons. The number of carbonyl (C=O) groups is 4. The minimum Gasteiger partial charge on any atom is -0.481 e. The number of hydrogen-bond acceptors (Lipinski definition) is 4. The van der Waals surface area contributed by atoms with Gasteiger partial charge >= 0.3 is 5.97 Å². The van der Waals surface area contributed by atoms with Gasteiger partial charge in [-0.25, -0.2) is 0 Å². The number of benzene rings is 3. The van der Waals surface area contributed by atoms with E-state index < -0.39 is 17.8 Å². The molecule has 1 aliphatic rings. The van der Waals surface area contributed by atoms with E-state index in [4.69, 9.17) is 5.11 Å². The number of nitrogens with one attached hydrogen (secondary N) is 1. The van der Waals surface area contributed by atoms with Crippen molar-refractivity contribution in [1.29, 1.82) is 0 Å². The summed E-state index contributed by atoms with van der Waals surface area (Å²) in [7, 11) is 0. The predicted molar refractivity (Wildman–Crippen MR) is 160 cm³/mol. The monoisotopic (exact) mass is 553 g/mol. The van der Waals surface area contributed by atoms with E-state index in [1.807, 2.05) is 36.4 Å². The molecule has 0 aromatic heterocycles. The molecule has 0 saturated heterocycles. The van der Waals surface area contributed by atoms with Crippen molar-refractivity contribution in [1.82, 2.24) is 5.32 Å². The Labute approximate surface area is 242 Å².